The first-order valence-corrected chi connectivity index (χ1v) is 3.12. The van der Waals surface area contributed by atoms with Crippen molar-refractivity contribution >= 4 is 28.4 Å². The third kappa shape index (κ3) is 5.66. The van der Waals surface area contributed by atoms with Crippen molar-refractivity contribution in [1.29, 1.82) is 0 Å². The van der Waals surface area contributed by atoms with Crippen molar-refractivity contribution in [3.63, 3.8) is 0 Å². The summed E-state index contributed by atoms with van der Waals surface area (Å²) in [6.45, 7) is 2.19. The summed E-state index contributed by atoms with van der Waals surface area (Å²) in [6.07, 6.45) is 1.01. The molecule has 9 heavy (non-hydrogen) atoms. The molecule has 0 aromatic rings. The Morgan fingerprint density at radius 3 is 2.56 bits per heavy atom. The van der Waals surface area contributed by atoms with Gasteiger partial charge >= 0.3 is 0 Å². The Morgan fingerprint density at radius 1 is 1.67 bits per heavy atom. The summed E-state index contributed by atoms with van der Waals surface area (Å²) in [5, 5.41) is -0.606. The second kappa shape index (κ2) is 4.65. The van der Waals surface area contributed by atoms with Crippen molar-refractivity contribution in [2.75, 3.05) is 6.61 Å². The van der Waals surface area contributed by atoms with Crippen LogP contribution in [0.15, 0.2) is 11.3 Å². The van der Waals surface area contributed by atoms with Crippen LogP contribution < -0.4 is 0 Å². The van der Waals surface area contributed by atoms with Crippen LogP contribution in [0.4, 0.5) is 0 Å². The quantitative estimate of drug-likeness (QED) is 0.366. The van der Waals surface area contributed by atoms with Crippen molar-refractivity contribution in [2.24, 2.45) is 0 Å². The third-order valence-corrected chi connectivity index (χ3v) is 0.837. The number of hydrogen-bond donors (Lipinski definition) is 0. The SMILES string of the molecule is CCO/C(Cl)=C\C(=O)Cl. The second-order valence-electron chi connectivity index (χ2n) is 1.19. The first kappa shape index (κ1) is 8.79. The summed E-state index contributed by atoms with van der Waals surface area (Å²) in [6, 6.07) is 0. The third-order valence-electron chi connectivity index (χ3n) is 0.509. The van der Waals surface area contributed by atoms with Gasteiger partial charge in [-0.2, -0.15) is 0 Å². The zero-order valence-corrected chi connectivity index (χ0v) is 6.37. The smallest absolute Gasteiger partial charge is 0.249 e. The van der Waals surface area contributed by atoms with E-state index in [1.165, 1.54) is 0 Å². The molecule has 0 rings (SSSR count). The minimum atomic E-state index is -0.631. The molecule has 2 nitrogen and oxygen atoms in total. The van der Waals surface area contributed by atoms with Gasteiger partial charge < -0.3 is 4.74 Å². The molecular weight excluding hydrogens is 163 g/mol. The van der Waals surface area contributed by atoms with E-state index < -0.39 is 5.24 Å². The molecule has 0 unspecified atom stereocenters. The molecule has 0 spiro atoms. The van der Waals surface area contributed by atoms with Crippen molar-refractivity contribution in [3.8, 4) is 0 Å². The van der Waals surface area contributed by atoms with Gasteiger partial charge in [0.15, 0.2) is 5.22 Å². The zero-order valence-electron chi connectivity index (χ0n) is 4.86. The Labute approximate surface area is 63.4 Å². The van der Waals surface area contributed by atoms with Crippen LogP contribution in [0.25, 0.3) is 0 Å². The molecule has 0 aliphatic heterocycles. The van der Waals surface area contributed by atoms with Crippen molar-refractivity contribution in [3.05, 3.63) is 11.3 Å². The highest BCUT2D eigenvalue weighted by Gasteiger charge is 1.93. The maximum atomic E-state index is 10.1. The molecule has 0 amide bonds. The zero-order chi connectivity index (χ0) is 7.28. The Bertz CT molecular complexity index is 131. The number of carbonyl (C=O) groups excluding carboxylic acids is 1. The maximum absolute atomic E-state index is 10.1. The predicted octanol–water partition coefficient (Wildman–Crippen LogP) is 1.87. The second-order valence-corrected chi connectivity index (χ2v) is 1.93. The fourth-order valence-electron chi connectivity index (χ4n) is 0.269. The molecule has 0 aromatic heterocycles. The van der Waals surface area contributed by atoms with Crippen LogP contribution in [-0.4, -0.2) is 11.8 Å². The van der Waals surface area contributed by atoms with Gasteiger partial charge in [-0.1, -0.05) is 0 Å². The summed E-state index contributed by atoms with van der Waals surface area (Å²) >= 11 is 10.2. The summed E-state index contributed by atoms with van der Waals surface area (Å²) in [4.78, 5) is 10.1. The van der Waals surface area contributed by atoms with Crippen LogP contribution in [-0.2, 0) is 9.53 Å². The molecular formula is C5H6Cl2O2. The first-order valence-electron chi connectivity index (χ1n) is 2.36. The molecule has 52 valence electrons. The molecule has 0 fully saturated rings. The lowest BCUT2D eigenvalue weighted by atomic mass is 10.7. The summed E-state index contributed by atoms with van der Waals surface area (Å²) in [7, 11) is 0. The van der Waals surface area contributed by atoms with E-state index in [2.05, 4.69) is 4.74 Å². The standard InChI is InChI=1S/C5H6Cl2O2/c1-2-9-5(7)3-4(6)8/h3H,2H2,1H3/b5-3-. The molecule has 4 heteroatoms. The van der Waals surface area contributed by atoms with Gasteiger partial charge in [0, 0.05) is 0 Å². The van der Waals surface area contributed by atoms with E-state index in [-0.39, 0.29) is 5.22 Å². The molecule has 0 saturated heterocycles. The van der Waals surface area contributed by atoms with Gasteiger partial charge in [-0.15, -0.1) is 0 Å². The van der Waals surface area contributed by atoms with Crippen LogP contribution in [0.2, 0.25) is 0 Å². The fraction of sp³-hybridized carbons (Fsp3) is 0.400. The highest BCUT2D eigenvalue weighted by molar-refractivity contribution is 6.67. The van der Waals surface area contributed by atoms with Crippen LogP contribution in [0, 0.1) is 0 Å². The van der Waals surface area contributed by atoms with Crippen molar-refractivity contribution in [2.45, 2.75) is 6.92 Å². The molecule has 0 atom stereocenters. The predicted molar refractivity (Wildman–Crippen MR) is 36.4 cm³/mol. The molecule has 0 heterocycles. The highest BCUT2D eigenvalue weighted by atomic mass is 35.5. The van der Waals surface area contributed by atoms with E-state index in [9.17, 15) is 4.79 Å². The number of carbonyl (C=O) groups is 1. The summed E-state index contributed by atoms with van der Waals surface area (Å²) < 4.78 is 4.67. The Balaban J connectivity index is 3.69. The Hall–Kier alpha value is -0.210. The number of hydrogen-bond acceptors (Lipinski definition) is 2. The summed E-state index contributed by atoms with van der Waals surface area (Å²) in [5.74, 6) is 0. The van der Waals surface area contributed by atoms with Crippen molar-refractivity contribution in [1.82, 2.24) is 0 Å². The van der Waals surface area contributed by atoms with E-state index in [0.717, 1.165) is 6.08 Å². The van der Waals surface area contributed by atoms with Gasteiger partial charge in [0.2, 0.25) is 5.24 Å². The molecule has 0 aromatic carbocycles. The molecule has 0 aliphatic carbocycles. The molecule has 0 saturated carbocycles. The minimum absolute atomic E-state index is 0.0255. The topological polar surface area (TPSA) is 26.3 Å². The lowest BCUT2D eigenvalue weighted by Gasteiger charge is -1.95. The minimum Gasteiger partial charge on any atom is -0.483 e. The normalized spacial score (nSPS) is 11.2. The van der Waals surface area contributed by atoms with Crippen molar-refractivity contribution < 1.29 is 9.53 Å². The highest BCUT2D eigenvalue weighted by Crippen LogP contribution is 2.03. The van der Waals surface area contributed by atoms with Crippen LogP contribution in [0.5, 0.6) is 0 Å². The Morgan fingerprint density at radius 2 is 2.22 bits per heavy atom. The average molecular weight is 169 g/mol. The summed E-state index contributed by atoms with van der Waals surface area (Å²) in [5.41, 5.74) is 0. The number of ether oxygens (including phenoxy) is 1. The van der Waals surface area contributed by atoms with Gasteiger partial charge in [-0.3, -0.25) is 4.79 Å². The van der Waals surface area contributed by atoms with E-state index in [1.54, 1.807) is 6.92 Å². The Kier molecular flexibility index (Phi) is 4.54. The number of halogens is 2. The van der Waals surface area contributed by atoms with Gasteiger partial charge in [0.1, 0.15) is 0 Å². The lowest BCUT2D eigenvalue weighted by molar-refractivity contribution is -0.107. The van der Waals surface area contributed by atoms with Crippen LogP contribution in [0.1, 0.15) is 6.92 Å². The largest absolute Gasteiger partial charge is 0.483 e. The van der Waals surface area contributed by atoms with Gasteiger partial charge in [0.25, 0.3) is 0 Å². The average Bonchev–Trinajstić information content (AvgIpc) is 1.63. The molecule has 0 aliphatic rings. The maximum Gasteiger partial charge on any atom is 0.249 e. The first-order chi connectivity index (χ1) is 4.16. The molecule has 0 bridgehead atoms. The van der Waals surface area contributed by atoms with Crippen LogP contribution >= 0.6 is 23.2 Å². The van der Waals surface area contributed by atoms with Gasteiger partial charge in [-0.05, 0) is 30.1 Å². The van der Waals surface area contributed by atoms with E-state index in [1.807, 2.05) is 0 Å². The van der Waals surface area contributed by atoms with E-state index in [0.29, 0.717) is 6.61 Å². The van der Waals surface area contributed by atoms with Crippen LogP contribution in [0.3, 0.4) is 0 Å². The van der Waals surface area contributed by atoms with E-state index >= 15 is 0 Å². The monoisotopic (exact) mass is 168 g/mol. The van der Waals surface area contributed by atoms with Gasteiger partial charge in [-0.25, -0.2) is 0 Å². The molecule has 0 radical (unpaired) electrons. The number of rotatable bonds is 3. The number of allylic oxidation sites excluding steroid dienone is 1. The lowest BCUT2D eigenvalue weighted by Crippen LogP contribution is -1.86. The van der Waals surface area contributed by atoms with E-state index in [4.69, 9.17) is 23.2 Å². The fourth-order valence-corrected chi connectivity index (χ4v) is 0.632. The van der Waals surface area contributed by atoms with Gasteiger partial charge in [0.05, 0.1) is 12.7 Å². The molecule has 0 N–H and O–H groups in total.